The Morgan fingerprint density at radius 1 is 1.45 bits per heavy atom. The standard InChI is InChI=1S/C14H14BrFN2O2/c1-7(12-8(2)18-20-9(12)3)17-14(19)13-10(15)5-4-6-11(13)16/h4-7H,1-3H3,(H,17,19). The molecular weight excluding hydrogens is 327 g/mol. The van der Waals surface area contributed by atoms with Crippen molar-refractivity contribution in [2.45, 2.75) is 26.8 Å². The van der Waals surface area contributed by atoms with Crippen molar-refractivity contribution in [3.05, 3.63) is 51.1 Å². The van der Waals surface area contributed by atoms with E-state index >= 15 is 0 Å². The maximum atomic E-state index is 13.7. The van der Waals surface area contributed by atoms with Crippen LogP contribution in [0.5, 0.6) is 0 Å². The molecule has 20 heavy (non-hydrogen) atoms. The van der Waals surface area contributed by atoms with Crippen LogP contribution < -0.4 is 5.32 Å². The summed E-state index contributed by atoms with van der Waals surface area (Å²) >= 11 is 3.18. The number of halogens is 2. The fraction of sp³-hybridized carbons (Fsp3) is 0.286. The summed E-state index contributed by atoms with van der Waals surface area (Å²) in [5.41, 5.74) is 1.51. The van der Waals surface area contributed by atoms with Crippen LogP contribution in [-0.2, 0) is 0 Å². The van der Waals surface area contributed by atoms with Gasteiger partial charge in [-0.05, 0) is 48.8 Å². The first-order valence-corrected chi connectivity index (χ1v) is 6.88. The van der Waals surface area contributed by atoms with Crippen molar-refractivity contribution < 1.29 is 13.7 Å². The van der Waals surface area contributed by atoms with E-state index in [0.29, 0.717) is 15.9 Å². The molecule has 1 amide bonds. The highest BCUT2D eigenvalue weighted by molar-refractivity contribution is 9.10. The molecule has 106 valence electrons. The second-order valence-corrected chi connectivity index (χ2v) is 5.38. The van der Waals surface area contributed by atoms with Gasteiger partial charge in [0.05, 0.1) is 17.3 Å². The van der Waals surface area contributed by atoms with Gasteiger partial charge in [0, 0.05) is 10.0 Å². The van der Waals surface area contributed by atoms with Crippen molar-refractivity contribution in [3.8, 4) is 0 Å². The van der Waals surface area contributed by atoms with Crippen molar-refractivity contribution in [2.24, 2.45) is 0 Å². The molecule has 1 unspecified atom stereocenters. The Morgan fingerprint density at radius 3 is 2.70 bits per heavy atom. The number of nitrogens with one attached hydrogen (secondary N) is 1. The Labute approximate surface area is 124 Å². The molecule has 0 aliphatic carbocycles. The van der Waals surface area contributed by atoms with Gasteiger partial charge in [0.15, 0.2) is 0 Å². The maximum Gasteiger partial charge on any atom is 0.255 e. The average molecular weight is 341 g/mol. The van der Waals surface area contributed by atoms with E-state index < -0.39 is 11.7 Å². The third-order valence-corrected chi connectivity index (χ3v) is 3.72. The van der Waals surface area contributed by atoms with Crippen LogP contribution in [0.25, 0.3) is 0 Å². The second-order valence-electron chi connectivity index (χ2n) is 4.53. The largest absolute Gasteiger partial charge is 0.361 e. The number of carbonyl (C=O) groups excluding carboxylic acids is 1. The van der Waals surface area contributed by atoms with Crippen molar-refractivity contribution in [2.75, 3.05) is 0 Å². The molecule has 2 rings (SSSR count). The molecule has 1 aromatic carbocycles. The fourth-order valence-corrected chi connectivity index (χ4v) is 2.69. The molecule has 0 aliphatic heterocycles. The van der Waals surface area contributed by atoms with E-state index in [1.165, 1.54) is 12.1 Å². The monoisotopic (exact) mass is 340 g/mol. The van der Waals surface area contributed by atoms with E-state index in [-0.39, 0.29) is 11.6 Å². The normalized spacial score (nSPS) is 12.2. The predicted octanol–water partition coefficient (Wildman–Crippen LogP) is 3.68. The van der Waals surface area contributed by atoms with E-state index in [4.69, 9.17) is 4.52 Å². The van der Waals surface area contributed by atoms with Crippen LogP contribution in [0.2, 0.25) is 0 Å². The van der Waals surface area contributed by atoms with Crippen molar-refractivity contribution >= 4 is 21.8 Å². The number of amides is 1. The Bertz CT molecular complexity index is 615. The molecule has 0 saturated carbocycles. The van der Waals surface area contributed by atoms with Gasteiger partial charge in [-0.1, -0.05) is 11.2 Å². The molecule has 0 saturated heterocycles. The minimum Gasteiger partial charge on any atom is -0.361 e. The molecule has 0 aliphatic rings. The summed E-state index contributed by atoms with van der Waals surface area (Å²) in [6.07, 6.45) is 0. The van der Waals surface area contributed by atoms with Crippen molar-refractivity contribution in [3.63, 3.8) is 0 Å². The summed E-state index contributed by atoms with van der Waals surface area (Å²) < 4.78 is 19.2. The van der Waals surface area contributed by atoms with Gasteiger partial charge in [0.1, 0.15) is 11.6 Å². The van der Waals surface area contributed by atoms with Crippen LogP contribution in [0.3, 0.4) is 0 Å². The quantitative estimate of drug-likeness (QED) is 0.927. The van der Waals surface area contributed by atoms with Crippen LogP contribution in [0.15, 0.2) is 27.2 Å². The molecule has 1 N–H and O–H groups in total. The molecule has 1 heterocycles. The zero-order valence-electron chi connectivity index (χ0n) is 11.3. The minimum atomic E-state index is -0.567. The van der Waals surface area contributed by atoms with E-state index in [1.807, 2.05) is 0 Å². The maximum absolute atomic E-state index is 13.7. The number of hydrogen-bond acceptors (Lipinski definition) is 3. The van der Waals surface area contributed by atoms with E-state index in [2.05, 4.69) is 26.4 Å². The van der Waals surface area contributed by atoms with Gasteiger partial charge < -0.3 is 9.84 Å². The SMILES string of the molecule is Cc1noc(C)c1C(C)NC(=O)c1c(F)cccc1Br. The summed E-state index contributed by atoms with van der Waals surface area (Å²) in [7, 11) is 0. The molecule has 2 aromatic rings. The Kier molecular flexibility index (Phi) is 4.23. The van der Waals surface area contributed by atoms with Crippen LogP contribution in [-0.4, -0.2) is 11.1 Å². The smallest absolute Gasteiger partial charge is 0.255 e. The molecule has 0 fully saturated rings. The lowest BCUT2D eigenvalue weighted by Gasteiger charge is -2.14. The van der Waals surface area contributed by atoms with Crippen LogP contribution >= 0.6 is 15.9 Å². The molecule has 1 atom stereocenters. The highest BCUT2D eigenvalue weighted by Gasteiger charge is 2.21. The van der Waals surface area contributed by atoms with E-state index in [9.17, 15) is 9.18 Å². The van der Waals surface area contributed by atoms with Gasteiger partial charge in [0.2, 0.25) is 0 Å². The molecule has 1 aromatic heterocycles. The minimum absolute atomic E-state index is 0.00823. The Hall–Kier alpha value is -1.69. The summed E-state index contributed by atoms with van der Waals surface area (Å²) in [4.78, 5) is 12.2. The number of aromatic nitrogens is 1. The van der Waals surface area contributed by atoms with Gasteiger partial charge in [-0.15, -0.1) is 0 Å². The lowest BCUT2D eigenvalue weighted by Crippen LogP contribution is -2.28. The molecule has 4 nitrogen and oxygen atoms in total. The van der Waals surface area contributed by atoms with Crippen LogP contribution in [0.1, 0.15) is 40.3 Å². The third-order valence-electron chi connectivity index (χ3n) is 3.06. The average Bonchev–Trinajstić information content (AvgIpc) is 2.68. The van der Waals surface area contributed by atoms with E-state index in [0.717, 1.165) is 5.56 Å². The predicted molar refractivity (Wildman–Crippen MR) is 76.0 cm³/mol. The topological polar surface area (TPSA) is 55.1 Å². The first-order valence-electron chi connectivity index (χ1n) is 6.09. The van der Waals surface area contributed by atoms with Gasteiger partial charge >= 0.3 is 0 Å². The van der Waals surface area contributed by atoms with Crippen LogP contribution in [0.4, 0.5) is 4.39 Å². The third kappa shape index (κ3) is 2.75. The van der Waals surface area contributed by atoms with Crippen molar-refractivity contribution in [1.82, 2.24) is 10.5 Å². The molecule has 0 spiro atoms. The molecule has 6 heteroatoms. The summed E-state index contributed by atoms with van der Waals surface area (Å²) in [6, 6.07) is 4.09. The highest BCUT2D eigenvalue weighted by Crippen LogP contribution is 2.23. The lowest BCUT2D eigenvalue weighted by molar-refractivity contribution is 0.0935. The fourth-order valence-electron chi connectivity index (χ4n) is 2.16. The number of aryl methyl sites for hydroxylation is 2. The van der Waals surface area contributed by atoms with Gasteiger partial charge in [0.25, 0.3) is 5.91 Å². The van der Waals surface area contributed by atoms with Crippen molar-refractivity contribution in [1.29, 1.82) is 0 Å². The molecule has 0 bridgehead atoms. The van der Waals surface area contributed by atoms with Gasteiger partial charge in [-0.25, -0.2) is 4.39 Å². The highest BCUT2D eigenvalue weighted by atomic mass is 79.9. The number of hydrogen-bond donors (Lipinski definition) is 1. The first-order chi connectivity index (χ1) is 9.41. The Morgan fingerprint density at radius 2 is 2.15 bits per heavy atom. The van der Waals surface area contributed by atoms with Crippen LogP contribution in [0, 0.1) is 19.7 Å². The summed E-state index contributed by atoms with van der Waals surface area (Å²) in [5, 5.41) is 6.60. The zero-order chi connectivity index (χ0) is 14.9. The molecular formula is C14H14BrFN2O2. The summed E-state index contributed by atoms with van der Waals surface area (Å²) in [6.45, 7) is 5.38. The number of nitrogens with zero attached hydrogens (tertiary/aromatic N) is 1. The van der Waals surface area contributed by atoms with E-state index in [1.54, 1.807) is 26.8 Å². The zero-order valence-corrected chi connectivity index (χ0v) is 12.9. The first kappa shape index (κ1) is 14.7. The number of carbonyl (C=O) groups is 1. The lowest BCUT2D eigenvalue weighted by atomic mass is 10.1. The summed E-state index contributed by atoms with van der Waals surface area (Å²) in [5.74, 6) is -0.409. The number of benzene rings is 1. The number of rotatable bonds is 3. The molecule has 0 radical (unpaired) electrons. The second kappa shape index (κ2) is 5.75. The van der Waals surface area contributed by atoms with Gasteiger partial charge in [-0.2, -0.15) is 0 Å². The van der Waals surface area contributed by atoms with Gasteiger partial charge in [-0.3, -0.25) is 4.79 Å². The Balaban J connectivity index is 2.24.